The highest BCUT2D eigenvalue weighted by atomic mass is 16.2. The minimum atomic E-state index is -0.00875. The number of piperazine rings is 1. The standard InChI is InChI=1S/C9H14N2O2/c1-8(2)9(13)11-5-3-10(7-12)4-6-11/h7H,1,3-6H2,2H3. The molecule has 13 heavy (non-hydrogen) atoms. The van der Waals surface area contributed by atoms with Crippen LogP contribution in [0.5, 0.6) is 0 Å². The van der Waals surface area contributed by atoms with Crippen LogP contribution in [0.1, 0.15) is 6.92 Å². The van der Waals surface area contributed by atoms with Crippen LogP contribution in [-0.2, 0) is 9.59 Å². The van der Waals surface area contributed by atoms with Crippen LogP contribution in [0.2, 0.25) is 0 Å². The van der Waals surface area contributed by atoms with Crippen molar-refractivity contribution in [2.24, 2.45) is 0 Å². The van der Waals surface area contributed by atoms with Gasteiger partial charge in [0.25, 0.3) is 0 Å². The minimum Gasteiger partial charge on any atom is -0.342 e. The van der Waals surface area contributed by atoms with Gasteiger partial charge in [-0.1, -0.05) is 6.58 Å². The number of hydrogen-bond acceptors (Lipinski definition) is 2. The molecule has 0 saturated carbocycles. The first kappa shape index (κ1) is 9.77. The summed E-state index contributed by atoms with van der Waals surface area (Å²) in [6, 6.07) is 0. The number of hydrogen-bond donors (Lipinski definition) is 0. The van der Waals surface area contributed by atoms with E-state index in [0.29, 0.717) is 31.8 Å². The van der Waals surface area contributed by atoms with E-state index in [1.54, 1.807) is 16.7 Å². The maximum Gasteiger partial charge on any atom is 0.249 e. The lowest BCUT2D eigenvalue weighted by atomic mass is 10.2. The number of rotatable bonds is 2. The zero-order valence-corrected chi connectivity index (χ0v) is 7.82. The molecule has 4 nitrogen and oxygen atoms in total. The van der Waals surface area contributed by atoms with Gasteiger partial charge in [-0.05, 0) is 6.92 Å². The SMILES string of the molecule is C=C(C)C(=O)N1CCN(C=O)CC1. The summed E-state index contributed by atoms with van der Waals surface area (Å²) in [4.78, 5) is 25.2. The summed E-state index contributed by atoms with van der Waals surface area (Å²) in [5.41, 5.74) is 0.555. The Balaban J connectivity index is 2.45. The average Bonchev–Trinajstić information content (AvgIpc) is 2.17. The molecule has 0 unspecified atom stereocenters. The Labute approximate surface area is 77.8 Å². The predicted octanol–water partition coefficient (Wildman–Crippen LogP) is -0.137. The topological polar surface area (TPSA) is 40.6 Å². The van der Waals surface area contributed by atoms with Crippen molar-refractivity contribution >= 4 is 12.3 Å². The van der Waals surface area contributed by atoms with Gasteiger partial charge in [-0.25, -0.2) is 0 Å². The molecule has 1 fully saturated rings. The second kappa shape index (κ2) is 4.07. The van der Waals surface area contributed by atoms with Crippen molar-refractivity contribution in [2.45, 2.75) is 6.92 Å². The second-order valence-electron chi connectivity index (χ2n) is 3.21. The van der Waals surface area contributed by atoms with Crippen LogP contribution < -0.4 is 0 Å². The normalized spacial score (nSPS) is 17.0. The summed E-state index contributed by atoms with van der Waals surface area (Å²) in [7, 11) is 0. The van der Waals surface area contributed by atoms with Crippen molar-refractivity contribution in [3.63, 3.8) is 0 Å². The van der Waals surface area contributed by atoms with Crippen molar-refractivity contribution in [1.82, 2.24) is 9.80 Å². The molecule has 2 amide bonds. The summed E-state index contributed by atoms with van der Waals surface area (Å²) in [5, 5.41) is 0. The largest absolute Gasteiger partial charge is 0.342 e. The highest BCUT2D eigenvalue weighted by molar-refractivity contribution is 5.92. The monoisotopic (exact) mass is 182 g/mol. The van der Waals surface area contributed by atoms with Gasteiger partial charge in [0.05, 0.1) is 0 Å². The van der Waals surface area contributed by atoms with Crippen molar-refractivity contribution in [2.75, 3.05) is 26.2 Å². The predicted molar refractivity (Wildman–Crippen MR) is 49.0 cm³/mol. The van der Waals surface area contributed by atoms with E-state index in [1.165, 1.54) is 0 Å². The molecule has 0 bridgehead atoms. The zero-order valence-electron chi connectivity index (χ0n) is 7.82. The molecule has 0 aromatic heterocycles. The fourth-order valence-electron chi connectivity index (χ4n) is 1.30. The van der Waals surface area contributed by atoms with Gasteiger partial charge in [0.1, 0.15) is 0 Å². The molecule has 1 rings (SSSR count). The van der Waals surface area contributed by atoms with E-state index in [4.69, 9.17) is 0 Å². The molecule has 1 aliphatic rings. The molecule has 1 saturated heterocycles. The molecule has 0 aromatic carbocycles. The Morgan fingerprint density at radius 2 is 1.85 bits per heavy atom. The van der Waals surface area contributed by atoms with E-state index in [0.717, 1.165) is 6.41 Å². The van der Waals surface area contributed by atoms with Gasteiger partial charge >= 0.3 is 0 Å². The Hall–Kier alpha value is -1.32. The average molecular weight is 182 g/mol. The molecule has 0 spiro atoms. The third-order valence-corrected chi connectivity index (χ3v) is 2.12. The van der Waals surface area contributed by atoms with Crippen LogP contribution in [-0.4, -0.2) is 48.3 Å². The van der Waals surface area contributed by atoms with Crippen molar-refractivity contribution in [1.29, 1.82) is 0 Å². The maximum absolute atomic E-state index is 11.4. The van der Waals surface area contributed by atoms with Crippen molar-refractivity contribution in [3.05, 3.63) is 12.2 Å². The van der Waals surface area contributed by atoms with Crippen LogP contribution in [0.15, 0.2) is 12.2 Å². The van der Waals surface area contributed by atoms with Crippen molar-refractivity contribution in [3.8, 4) is 0 Å². The summed E-state index contributed by atoms with van der Waals surface area (Å²) >= 11 is 0. The van der Waals surface area contributed by atoms with Gasteiger partial charge in [-0.2, -0.15) is 0 Å². The molecule has 0 N–H and O–H groups in total. The maximum atomic E-state index is 11.4. The molecular formula is C9H14N2O2. The highest BCUT2D eigenvalue weighted by Crippen LogP contribution is 2.03. The van der Waals surface area contributed by atoms with Gasteiger partial charge in [-0.3, -0.25) is 9.59 Å². The molecule has 0 radical (unpaired) electrons. The molecule has 1 heterocycles. The van der Waals surface area contributed by atoms with Gasteiger partial charge in [0, 0.05) is 31.8 Å². The van der Waals surface area contributed by atoms with Crippen LogP contribution in [0.4, 0.5) is 0 Å². The Kier molecular flexibility index (Phi) is 3.06. The van der Waals surface area contributed by atoms with E-state index in [9.17, 15) is 9.59 Å². The number of carbonyl (C=O) groups excluding carboxylic acids is 2. The van der Waals surface area contributed by atoms with Crippen molar-refractivity contribution < 1.29 is 9.59 Å². The van der Waals surface area contributed by atoms with E-state index in [-0.39, 0.29) is 5.91 Å². The van der Waals surface area contributed by atoms with Gasteiger partial charge < -0.3 is 9.80 Å². The lowest BCUT2D eigenvalue weighted by molar-refractivity contribution is -0.131. The lowest BCUT2D eigenvalue weighted by Crippen LogP contribution is -2.48. The highest BCUT2D eigenvalue weighted by Gasteiger charge is 2.19. The molecule has 1 aliphatic heterocycles. The van der Waals surface area contributed by atoms with Crippen LogP contribution in [0, 0.1) is 0 Å². The zero-order chi connectivity index (χ0) is 9.84. The van der Waals surface area contributed by atoms with E-state index < -0.39 is 0 Å². The molecule has 0 atom stereocenters. The summed E-state index contributed by atoms with van der Waals surface area (Å²) in [6.07, 6.45) is 0.822. The first-order valence-corrected chi connectivity index (χ1v) is 4.29. The Morgan fingerprint density at radius 3 is 2.23 bits per heavy atom. The van der Waals surface area contributed by atoms with Crippen LogP contribution in [0.3, 0.4) is 0 Å². The minimum absolute atomic E-state index is 0.00875. The molecule has 72 valence electrons. The van der Waals surface area contributed by atoms with E-state index >= 15 is 0 Å². The molecule has 0 aliphatic carbocycles. The van der Waals surface area contributed by atoms with Crippen LogP contribution in [0.25, 0.3) is 0 Å². The van der Waals surface area contributed by atoms with Gasteiger partial charge in [0.15, 0.2) is 0 Å². The first-order valence-electron chi connectivity index (χ1n) is 4.29. The fourth-order valence-corrected chi connectivity index (χ4v) is 1.30. The quantitative estimate of drug-likeness (QED) is 0.440. The van der Waals surface area contributed by atoms with Gasteiger partial charge in [-0.15, -0.1) is 0 Å². The number of amides is 2. The molecular weight excluding hydrogens is 168 g/mol. The van der Waals surface area contributed by atoms with E-state index in [2.05, 4.69) is 6.58 Å². The second-order valence-corrected chi connectivity index (χ2v) is 3.21. The number of nitrogens with zero attached hydrogens (tertiary/aromatic N) is 2. The third kappa shape index (κ3) is 2.31. The van der Waals surface area contributed by atoms with Crippen LogP contribution >= 0.6 is 0 Å². The van der Waals surface area contributed by atoms with E-state index in [1.807, 2.05) is 0 Å². The summed E-state index contributed by atoms with van der Waals surface area (Å²) in [5.74, 6) is -0.00875. The summed E-state index contributed by atoms with van der Waals surface area (Å²) in [6.45, 7) is 7.78. The first-order chi connectivity index (χ1) is 6.15. The van der Waals surface area contributed by atoms with Gasteiger partial charge in [0.2, 0.25) is 12.3 Å². The number of carbonyl (C=O) groups is 2. The smallest absolute Gasteiger partial charge is 0.249 e. The Morgan fingerprint density at radius 1 is 1.31 bits per heavy atom. The molecule has 4 heteroatoms. The lowest BCUT2D eigenvalue weighted by Gasteiger charge is -2.32. The fraction of sp³-hybridized carbons (Fsp3) is 0.556. The summed E-state index contributed by atoms with van der Waals surface area (Å²) < 4.78 is 0. The third-order valence-electron chi connectivity index (χ3n) is 2.12. The molecule has 0 aromatic rings. The Bertz CT molecular complexity index is 230.